The van der Waals surface area contributed by atoms with E-state index >= 15 is 0 Å². The molecule has 2 unspecified atom stereocenters. The summed E-state index contributed by atoms with van der Waals surface area (Å²) in [5, 5.41) is 23.5. The van der Waals surface area contributed by atoms with E-state index in [1.54, 1.807) is 36.4 Å². The van der Waals surface area contributed by atoms with Gasteiger partial charge in [0, 0.05) is 69.5 Å². The summed E-state index contributed by atoms with van der Waals surface area (Å²) >= 11 is 6.15. The van der Waals surface area contributed by atoms with E-state index in [0.717, 1.165) is 94.2 Å². The van der Waals surface area contributed by atoms with Crippen LogP contribution in [0, 0.1) is 23.2 Å². The SMILES string of the molecule is N#Cc1ccc(OC2CCC(NC(=O)c3ccc(N4CCN(C5C[C@@H]6CN(c7ccc8c(c7)C(=O)N(C7CCC(=O)NC7=O)C8=O)C[C@@H]6C5)CC4)nn3)CC2)cc1Cl. The van der Waals surface area contributed by atoms with E-state index in [9.17, 15) is 24.0 Å². The average molecular weight is 806 g/mol. The standard InChI is InChI=1S/C42H44ClN9O6/c43-34-20-31(5-1-24(34)21-44)58-30-6-2-27(3-7-30)45-39(54)35-9-11-37(48-47-35)50-15-13-49(14-16-50)29-17-25-22-51(23-26(25)18-29)28-4-8-32-33(19-28)42(57)52(41(32)56)36-10-12-38(53)46-40(36)55/h1,4-5,8-9,11,19-20,25-27,29-30,36H,2-3,6-7,10,12-18,22-23H2,(H,45,54)(H,46,53,55)/t25-,26+,27?,29?,30?,36?. The van der Waals surface area contributed by atoms with Gasteiger partial charge in [-0.2, -0.15) is 5.26 Å². The van der Waals surface area contributed by atoms with Gasteiger partial charge in [0.25, 0.3) is 17.7 Å². The number of piperazine rings is 1. The lowest BCUT2D eigenvalue weighted by molar-refractivity contribution is -0.136. The Labute approximate surface area is 340 Å². The number of anilines is 2. The van der Waals surface area contributed by atoms with E-state index in [1.165, 1.54) is 0 Å². The monoisotopic (exact) mass is 805 g/mol. The Hall–Kier alpha value is -5.59. The molecule has 2 N–H and O–H groups in total. The van der Waals surface area contributed by atoms with Crippen LogP contribution in [-0.4, -0.2) is 113 Å². The van der Waals surface area contributed by atoms with Crippen molar-refractivity contribution < 1.29 is 28.7 Å². The average Bonchev–Trinajstić information content (AvgIpc) is 3.89. The fraction of sp³-hybridized carbons (Fsp3) is 0.476. The lowest BCUT2D eigenvalue weighted by Crippen LogP contribution is -2.54. The van der Waals surface area contributed by atoms with Crippen molar-refractivity contribution in [3.05, 3.63) is 75.9 Å². The number of nitrogens with zero attached hydrogens (tertiary/aromatic N) is 7. The van der Waals surface area contributed by atoms with Crippen LogP contribution in [0.5, 0.6) is 5.75 Å². The zero-order chi connectivity index (χ0) is 40.1. The highest BCUT2D eigenvalue weighted by atomic mass is 35.5. The molecule has 6 aliphatic rings. The number of halogens is 1. The third-order valence-corrected chi connectivity index (χ3v) is 13.2. The van der Waals surface area contributed by atoms with Gasteiger partial charge in [-0.1, -0.05) is 11.6 Å². The van der Waals surface area contributed by atoms with Gasteiger partial charge in [0.2, 0.25) is 11.8 Å². The second-order valence-corrected chi connectivity index (χ2v) is 16.8. The number of piperidine rings is 1. The van der Waals surface area contributed by atoms with E-state index in [4.69, 9.17) is 21.6 Å². The molecule has 0 spiro atoms. The van der Waals surface area contributed by atoms with E-state index in [-0.39, 0.29) is 30.9 Å². The molecule has 3 saturated heterocycles. The molecule has 5 fully saturated rings. The smallest absolute Gasteiger partial charge is 0.272 e. The molecule has 1 aromatic heterocycles. The number of aromatic nitrogens is 2. The second kappa shape index (κ2) is 15.6. The summed E-state index contributed by atoms with van der Waals surface area (Å²) in [4.78, 5) is 71.8. The van der Waals surface area contributed by atoms with Crippen LogP contribution in [0.3, 0.4) is 0 Å². The Morgan fingerprint density at radius 2 is 1.59 bits per heavy atom. The second-order valence-electron chi connectivity index (χ2n) is 16.3. The molecule has 4 aliphatic heterocycles. The number of carbonyl (C=O) groups is 5. The molecule has 5 heterocycles. The molecule has 5 amide bonds. The van der Waals surface area contributed by atoms with Crippen LogP contribution < -0.4 is 25.2 Å². The normalized spacial score (nSPS) is 27.3. The van der Waals surface area contributed by atoms with Crippen molar-refractivity contribution in [2.24, 2.45) is 11.8 Å². The first-order chi connectivity index (χ1) is 28.1. The summed E-state index contributed by atoms with van der Waals surface area (Å²) < 4.78 is 6.08. The number of fused-ring (bicyclic) bond motifs is 2. The number of imide groups is 2. The summed E-state index contributed by atoms with van der Waals surface area (Å²) in [5.74, 6) is 0.293. The van der Waals surface area contributed by atoms with E-state index in [1.807, 2.05) is 12.1 Å². The number of rotatable bonds is 8. The molecular weight excluding hydrogens is 762 g/mol. The Morgan fingerprint density at radius 1 is 0.845 bits per heavy atom. The third-order valence-electron chi connectivity index (χ3n) is 12.9. The van der Waals surface area contributed by atoms with Gasteiger partial charge in [0.1, 0.15) is 17.9 Å². The molecule has 300 valence electrons. The van der Waals surface area contributed by atoms with Crippen LogP contribution in [0.25, 0.3) is 0 Å². The first-order valence-corrected chi connectivity index (χ1v) is 20.6. The number of carbonyl (C=O) groups excluding carboxylic acids is 5. The van der Waals surface area contributed by atoms with Crippen molar-refractivity contribution >= 4 is 52.6 Å². The molecule has 15 nitrogen and oxygen atoms in total. The molecule has 2 aliphatic carbocycles. The van der Waals surface area contributed by atoms with Crippen molar-refractivity contribution in [3.63, 3.8) is 0 Å². The van der Waals surface area contributed by atoms with Crippen molar-refractivity contribution in [2.45, 2.75) is 75.6 Å². The van der Waals surface area contributed by atoms with Crippen LogP contribution >= 0.6 is 11.6 Å². The maximum Gasteiger partial charge on any atom is 0.272 e. The number of amides is 5. The quantitative estimate of drug-likeness (QED) is 0.317. The molecule has 9 rings (SSSR count). The van der Waals surface area contributed by atoms with Crippen LogP contribution in [0.15, 0.2) is 48.5 Å². The first kappa shape index (κ1) is 38.0. The summed E-state index contributed by atoms with van der Waals surface area (Å²) in [6, 6.07) is 15.7. The minimum atomic E-state index is -0.973. The van der Waals surface area contributed by atoms with Crippen molar-refractivity contribution in [1.82, 2.24) is 30.6 Å². The minimum Gasteiger partial charge on any atom is -0.490 e. The molecular formula is C42H44ClN9O6. The Kier molecular flexibility index (Phi) is 10.2. The molecule has 16 heteroatoms. The fourth-order valence-electron chi connectivity index (χ4n) is 9.80. The van der Waals surface area contributed by atoms with Gasteiger partial charge in [0.05, 0.1) is 27.8 Å². The van der Waals surface area contributed by atoms with Crippen LogP contribution in [0.1, 0.15) is 88.1 Å². The lowest BCUT2D eigenvalue weighted by atomic mass is 9.93. The summed E-state index contributed by atoms with van der Waals surface area (Å²) in [6.45, 7) is 5.28. The van der Waals surface area contributed by atoms with Gasteiger partial charge in [0.15, 0.2) is 11.5 Å². The zero-order valence-electron chi connectivity index (χ0n) is 31.9. The van der Waals surface area contributed by atoms with Crippen LogP contribution in [0.2, 0.25) is 5.02 Å². The van der Waals surface area contributed by atoms with Gasteiger partial charge in [-0.3, -0.25) is 39.1 Å². The van der Waals surface area contributed by atoms with Crippen LogP contribution in [-0.2, 0) is 9.59 Å². The highest BCUT2D eigenvalue weighted by Crippen LogP contribution is 2.43. The van der Waals surface area contributed by atoms with Crippen LogP contribution in [0.4, 0.5) is 11.5 Å². The predicted molar refractivity (Wildman–Crippen MR) is 211 cm³/mol. The molecule has 3 aromatic rings. The van der Waals surface area contributed by atoms with E-state index < -0.39 is 29.7 Å². The zero-order valence-corrected chi connectivity index (χ0v) is 32.7. The third kappa shape index (κ3) is 7.35. The van der Waals surface area contributed by atoms with E-state index in [2.05, 4.69) is 41.6 Å². The number of hydrogen-bond acceptors (Lipinski definition) is 12. The topological polar surface area (TPSA) is 181 Å². The number of ether oxygens (including phenoxy) is 1. The summed E-state index contributed by atoms with van der Waals surface area (Å²) in [5.41, 5.74) is 2.24. The van der Waals surface area contributed by atoms with Gasteiger partial charge < -0.3 is 19.9 Å². The van der Waals surface area contributed by atoms with Gasteiger partial charge in [-0.15, -0.1) is 10.2 Å². The summed E-state index contributed by atoms with van der Waals surface area (Å²) in [6.07, 6.45) is 5.61. The molecule has 0 bridgehead atoms. The summed E-state index contributed by atoms with van der Waals surface area (Å²) in [7, 11) is 0. The fourth-order valence-corrected chi connectivity index (χ4v) is 10.0. The van der Waals surface area contributed by atoms with Gasteiger partial charge in [-0.25, -0.2) is 0 Å². The molecule has 0 radical (unpaired) electrons. The first-order valence-electron chi connectivity index (χ1n) is 20.2. The Bertz CT molecular complexity index is 2180. The number of benzene rings is 2. The van der Waals surface area contributed by atoms with Gasteiger partial charge >= 0.3 is 0 Å². The number of nitriles is 1. The Morgan fingerprint density at radius 3 is 2.26 bits per heavy atom. The van der Waals surface area contributed by atoms with Crippen molar-refractivity contribution in [3.8, 4) is 11.8 Å². The molecule has 58 heavy (non-hydrogen) atoms. The van der Waals surface area contributed by atoms with Crippen molar-refractivity contribution in [1.29, 1.82) is 5.26 Å². The highest BCUT2D eigenvalue weighted by molar-refractivity contribution is 6.31. The maximum absolute atomic E-state index is 13.4. The van der Waals surface area contributed by atoms with Gasteiger partial charge in [-0.05, 0) is 99.2 Å². The predicted octanol–water partition coefficient (Wildman–Crippen LogP) is 3.56. The Balaban J connectivity index is 0.717. The lowest BCUT2D eigenvalue weighted by Gasteiger charge is -2.39. The molecule has 4 atom stereocenters. The molecule has 2 saturated carbocycles. The number of nitrogens with one attached hydrogen (secondary N) is 2. The minimum absolute atomic E-state index is 0.0181. The largest absolute Gasteiger partial charge is 0.490 e. The van der Waals surface area contributed by atoms with E-state index in [0.29, 0.717) is 51.0 Å². The van der Waals surface area contributed by atoms with Crippen molar-refractivity contribution in [2.75, 3.05) is 49.1 Å². The molecule has 2 aromatic carbocycles. The highest BCUT2D eigenvalue weighted by Gasteiger charge is 2.46. The maximum atomic E-state index is 13.4. The number of hydrogen-bond donors (Lipinski definition) is 2.